The van der Waals surface area contributed by atoms with Crippen LogP contribution in [-0.2, 0) is 14.8 Å². The van der Waals surface area contributed by atoms with Crippen molar-refractivity contribution in [2.24, 2.45) is 0 Å². The number of nitrogens with zero attached hydrogens (tertiary/aromatic N) is 2. The van der Waals surface area contributed by atoms with Crippen molar-refractivity contribution in [1.82, 2.24) is 4.31 Å². The lowest BCUT2D eigenvalue weighted by Gasteiger charge is -2.36. The molecule has 0 saturated carbocycles. The number of hydrogen-bond acceptors (Lipinski definition) is 5. The summed E-state index contributed by atoms with van der Waals surface area (Å²) < 4.78 is 33.3. The molecule has 9 heteroatoms. The third-order valence-corrected chi connectivity index (χ3v) is 8.61. The number of piperazine rings is 1. The third-order valence-electron chi connectivity index (χ3n) is 6.39. The summed E-state index contributed by atoms with van der Waals surface area (Å²) in [6.07, 6.45) is 0. The van der Waals surface area contributed by atoms with E-state index in [4.69, 9.17) is 16.3 Å². The largest absolute Gasteiger partial charge is 0.484 e. The van der Waals surface area contributed by atoms with E-state index in [0.717, 1.165) is 5.56 Å². The second-order valence-corrected chi connectivity index (χ2v) is 11.7. The highest BCUT2D eigenvalue weighted by Crippen LogP contribution is 2.35. The van der Waals surface area contributed by atoms with Crippen LogP contribution in [0.25, 0.3) is 0 Å². The van der Waals surface area contributed by atoms with E-state index in [1.165, 1.54) is 9.87 Å². The number of ether oxygens (including phenoxy) is 1. The molecule has 4 rings (SSSR count). The van der Waals surface area contributed by atoms with Gasteiger partial charge in [0, 0.05) is 26.2 Å². The first kappa shape index (κ1) is 27.0. The van der Waals surface area contributed by atoms with E-state index in [9.17, 15) is 13.2 Å². The van der Waals surface area contributed by atoms with Crippen LogP contribution in [0.3, 0.4) is 0 Å². The minimum absolute atomic E-state index is 0.143. The number of hydrogen-bond donors (Lipinski definition) is 1. The molecule has 0 aliphatic carbocycles. The van der Waals surface area contributed by atoms with E-state index >= 15 is 0 Å². The van der Waals surface area contributed by atoms with Crippen LogP contribution < -0.4 is 15.0 Å². The third kappa shape index (κ3) is 6.44. The Morgan fingerprint density at radius 3 is 2.24 bits per heavy atom. The number of rotatable bonds is 8. The first-order chi connectivity index (χ1) is 17.6. The topological polar surface area (TPSA) is 79.0 Å². The number of carbonyl (C=O) groups is 1. The fourth-order valence-corrected chi connectivity index (χ4v) is 5.95. The fraction of sp³-hybridized carbons (Fsp3) is 0.321. The van der Waals surface area contributed by atoms with Gasteiger partial charge in [0.2, 0.25) is 10.0 Å². The summed E-state index contributed by atoms with van der Waals surface area (Å²) in [7, 11) is -3.58. The molecule has 1 aliphatic rings. The first-order valence-electron chi connectivity index (χ1n) is 12.3. The zero-order chi connectivity index (χ0) is 26.6. The number of aryl methyl sites for hydroxylation is 1. The Hall–Kier alpha value is -3.07. The Morgan fingerprint density at radius 1 is 0.973 bits per heavy atom. The minimum Gasteiger partial charge on any atom is -0.484 e. The number of benzene rings is 3. The van der Waals surface area contributed by atoms with Gasteiger partial charge in [-0.3, -0.25) is 4.79 Å². The van der Waals surface area contributed by atoms with Crippen LogP contribution in [0.15, 0.2) is 71.6 Å². The number of sulfonamides is 1. The molecular formula is C28H32ClN3O4S. The van der Waals surface area contributed by atoms with Crippen molar-refractivity contribution in [3.8, 4) is 5.75 Å². The van der Waals surface area contributed by atoms with Gasteiger partial charge >= 0.3 is 0 Å². The molecule has 3 aromatic rings. The Kier molecular flexibility index (Phi) is 8.42. The monoisotopic (exact) mass is 541 g/mol. The van der Waals surface area contributed by atoms with Gasteiger partial charge in [-0.05, 0) is 54.8 Å². The van der Waals surface area contributed by atoms with Crippen LogP contribution in [0, 0.1) is 6.92 Å². The zero-order valence-electron chi connectivity index (χ0n) is 21.3. The molecule has 1 aliphatic heterocycles. The van der Waals surface area contributed by atoms with Crippen molar-refractivity contribution in [2.45, 2.75) is 31.6 Å². The molecule has 0 spiro atoms. The summed E-state index contributed by atoms with van der Waals surface area (Å²) in [6.45, 7) is 7.52. The average molecular weight is 542 g/mol. The van der Waals surface area contributed by atoms with Gasteiger partial charge in [-0.15, -0.1) is 0 Å². The van der Waals surface area contributed by atoms with Gasteiger partial charge in [-0.2, -0.15) is 4.31 Å². The van der Waals surface area contributed by atoms with E-state index in [-0.39, 0.29) is 17.4 Å². The molecule has 0 unspecified atom stereocenters. The van der Waals surface area contributed by atoms with E-state index in [2.05, 4.69) is 19.2 Å². The highest BCUT2D eigenvalue weighted by Gasteiger charge is 2.30. The van der Waals surface area contributed by atoms with Gasteiger partial charge in [0.15, 0.2) is 6.61 Å². The molecule has 0 aromatic heterocycles. The smallest absolute Gasteiger partial charge is 0.262 e. The number of halogens is 1. The first-order valence-corrected chi connectivity index (χ1v) is 14.1. The Bertz CT molecular complexity index is 1330. The van der Waals surface area contributed by atoms with Crippen molar-refractivity contribution >= 4 is 38.9 Å². The Labute approximate surface area is 224 Å². The molecule has 1 heterocycles. The number of nitrogens with one attached hydrogen (secondary N) is 1. The molecule has 196 valence electrons. The maximum atomic E-state index is 13.1. The number of carbonyl (C=O) groups excluding carboxylic acids is 1. The lowest BCUT2D eigenvalue weighted by Crippen LogP contribution is -2.49. The highest BCUT2D eigenvalue weighted by atomic mass is 35.5. The van der Waals surface area contributed by atoms with Gasteiger partial charge in [0.25, 0.3) is 5.91 Å². The zero-order valence-corrected chi connectivity index (χ0v) is 22.8. The predicted octanol–water partition coefficient (Wildman–Crippen LogP) is 5.30. The average Bonchev–Trinajstić information content (AvgIpc) is 2.88. The molecular weight excluding hydrogens is 510 g/mol. The molecule has 0 radical (unpaired) electrons. The van der Waals surface area contributed by atoms with Crippen LogP contribution in [0.4, 0.5) is 11.4 Å². The van der Waals surface area contributed by atoms with E-state index in [1.807, 2.05) is 36.1 Å². The normalized spacial score (nSPS) is 14.6. The molecule has 37 heavy (non-hydrogen) atoms. The molecule has 3 aromatic carbocycles. The van der Waals surface area contributed by atoms with Crippen LogP contribution in [0.2, 0.25) is 5.02 Å². The second kappa shape index (κ2) is 11.5. The summed E-state index contributed by atoms with van der Waals surface area (Å²) >= 11 is 6.54. The Balaban J connectivity index is 1.40. The van der Waals surface area contributed by atoms with Gasteiger partial charge in [-0.1, -0.05) is 61.3 Å². The molecule has 0 bridgehead atoms. The van der Waals surface area contributed by atoms with Crippen molar-refractivity contribution in [1.29, 1.82) is 0 Å². The van der Waals surface area contributed by atoms with Crippen molar-refractivity contribution < 1.29 is 17.9 Å². The van der Waals surface area contributed by atoms with Crippen LogP contribution >= 0.6 is 11.6 Å². The molecule has 7 nitrogen and oxygen atoms in total. The van der Waals surface area contributed by atoms with Gasteiger partial charge in [0.05, 0.1) is 21.3 Å². The second-order valence-electron chi connectivity index (χ2n) is 9.40. The SMILES string of the molecule is Cc1ccc(S(=O)(=O)N2CCN(c3c(Cl)cccc3NC(=O)COc3ccc(C(C)C)cc3)CC2)cc1. The van der Waals surface area contributed by atoms with E-state index in [0.29, 0.717) is 54.2 Å². The number of anilines is 2. The maximum absolute atomic E-state index is 13.1. The van der Waals surface area contributed by atoms with Crippen LogP contribution in [0.5, 0.6) is 5.75 Å². The van der Waals surface area contributed by atoms with Gasteiger partial charge in [-0.25, -0.2) is 8.42 Å². The minimum atomic E-state index is -3.58. The highest BCUT2D eigenvalue weighted by molar-refractivity contribution is 7.89. The van der Waals surface area contributed by atoms with Crippen molar-refractivity contribution in [3.05, 3.63) is 82.9 Å². The summed E-state index contributed by atoms with van der Waals surface area (Å²) in [4.78, 5) is 15.0. The van der Waals surface area contributed by atoms with Crippen molar-refractivity contribution in [3.63, 3.8) is 0 Å². The van der Waals surface area contributed by atoms with Crippen molar-refractivity contribution in [2.75, 3.05) is 43.0 Å². The predicted molar refractivity (Wildman–Crippen MR) is 148 cm³/mol. The molecule has 1 saturated heterocycles. The van der Waals surface area contributed by atoms with Gasteiger partial charge < -0.3 is 15.0 Å². The summed E-state index contributed by atoms with van der Waals surface area (Å²) in [5.74, 6) is 0.733. The summed E-state index contributed by atoms with van der Waals surface area (Å²) in [5.41, 5.74) is 3.44. The van der Waals surface area contributed by atoms with E-state index < -0.39 is 10.0 Å². The lowest BCUT2D eigenvalue weighted by molar-refractivity contribution is -0.118. The quantitative estimate of drug-likeness (QED) is 0.418. The molecule has 0 atom stereocenters. The maximum Gasteiger partial charge on any atom is 0.262 e. The molecule has 1 fully saturated rings. The summed E-state index contributed by atoms with van der Waals surface area (Å²) in [6, 6.07) is 19.9. The standard InChI is InChI=1S/C28H32ClN3O4S/c1-20(2)22-9-11-23(12-10-22)36-19-27(33)30-26-6-4-5-25(29)28(26)31-15-17-32(18-16-31)37(34,35)24-13-7-21(3)8-14-24/h4-14,20H,15-19H2,1-3H3,(H,30,33). The van der Waals surface area contributed by atoms with Crippen LogP contribution in [0.1, 0.15) is 30.9 Å². The summed E-state index contributed by atoms with van der Waals surface area (Å²) in [5, 5.41) is 3.38. The lowest BCUT2D eigenvalue weighted by atomic mass is 10.0. The van der Waals surface area contributed by atoms with E-state index in [1.54, 1.807) is 42.5 Å². The molecule has 1 amide bonds. The Morgan fingerprint density at radius 2 is 1.62 bits per heavy atom. The van der Waals surface area contributed by atoms with Gasteiger partial charge in [0.1, 0.15) is 5.75 Å². The number of para-hydroxylation sites is 1. The molecule has 1 N–H and O–H groups in total. The van der Waals surface area contributed by atoms with Crippen LogP contribution in [-0.4, -0.2) is 51.4 Å². The fourth-order valence-electron chi connectivity index (χ4n) is 4.23. The number of amides is 1.